The van der Waals surface area contributed by atoms with Crippen LogP contribution in [0, 0.1) is 0 Å². The van der Waals surface area contributed by atoms with Gasteiger partial charge >= 0.3 is 0 Å². The van der Waals surface area contributed by atoms with Gasteiger partial charge in [0.1, 0.15) is 0 Å². The van der Waals surface area contributed by atoms with E-state index >= 15 is 0 Å². The van der Waals surface area contributed by atoms with Crippen LogP contribution in [-0.2, 0) is 11.2 Å². The molecular formula is C17H23N3O. The maximum absolute atomic E-state index is 5.43. The molecule has 1 aromatic carbocycles. The van der Waals surface area contributed by atoms with Crippen LogP contribution in [0.4, 0.5) is 11.4 Å². The fourth-order valence-electron chi connectivity index (χ4n) is 2.80. The summed E-state index contributed by atoms with van der Waals surface area (Å²) in [5, 5.41) is 4.68. The summed E-state index contributed by atoms with van der Waals surface area (Å²) in [6.07, 6.45) is 0.958. The molecule has 1 N–H and O–H groups in total. The Labute approximate surface area is 126 Å². The first-order valence-electron chi connectivity index (χ1n) is 7.82. The zero-order valence-electron chi connectivity index (χ0n) is 12.9. The molecule has 1 aliphatic rings. The van der Waals surface area contributed by atoms with Crippen molar-refractivity contribution in [3.8, 4) is 0 Å². The number of aryl methyl sites for hydroxylation is 1. The second-order valence-electron chi connectivity index (χ2n) is 5.35. The topological polar surface area (TPSA) is 37.4 Å². The van der Waals surface area contributed by atoms with Crippen LogP contribution in [0.15, 0.2) is 24.3 Å². The fraction of sp³-hybridized carbons (Fsp3) is 0.471. The molecule has 3 rings (SSSR count). The van der Waals surface area contributed by atoms with Crippen molar-refractivity contribution in [1.29, 1.82) is 0 Å². The number of hydrogen-bond acceptors (Lipinski definition) is 4. The highest BCUT2D eigenvalue weighted by atomic mass is 16.5. The van der Waals surface area contributed by atoms with E-state index in [2.05, 4.69) is 48.3 Å². The van der Waals surface area contributed by atoms with Crippen molar-refractivity contribution >= 4 is 22.3 Å². The number of aromatic nitrogens is 1. The first-order valence-corrected chi connectivity index (χ1v) is 7.82. The molecule has 0 unspecified atom stereocenters. The van der Waals surface area contributed by atoms with E-state index in [-0.39, 0.29) is 0 Å². The quantitative estimate of drug-likeness (QED) is 0.937. The molecule has 112 valence electrons. The number of rotatable bonds is 4. The molecule has 0 spiro atoms. The fourth-order valence-corrected chi connectivity index (χ4v) is 2.80. The van der Waals surface area contributed by atoms with Crippen molar-refractivity contribution < 1.29 is 4.74 Å². The van der Waals surface area contributed by atoms with E-state index in [0.29, 0.717) is 0 Å². The molecule has 1 aromatic heterocycles. The molecule has 0 amide bonds. The second kappa shape index (κ2) is 6.31. The van der Waals surface area contributed by atoms with Gasteiger partial charge in [-0.25, -0.2) is 0 Å². The third kappa shape index (κ3) is 2.95. The van der Waals surface area contributed by atoms with Gasteiger partial charge in [-0.15, -0.1) is 0 Å². The number of hydrogen-bond donors (Lipinski definition) is 1. The van der Waals surface area contributed by atoms with Crippen LogP contribution in [-0.4, -0.2) is 37.8 Å². The molecular weight excluding hydrogens is 262 g/mol. The van der Waals surface area contributed by atoms with Crippen LogP contribution in [0.2, 0.25) is 0 Å². The standard InChI is InChI=1S/C17H23N3O/c1-3-13-11-17(18-4-2)15-12-14(5-6-16(15)19-13)20-7-9-21-10-8-20/h5-6,11-12H,3-4,7-10H2,1-2H3,(H,18,19). The predicted molar refractivity (Wildman–Crippen MR) is 88.3 cm³/mol. The average Bonchev–Trinajstić information content (AvgIpc) is 2.55. The van der Waals surface area contributed by atoms with E-state index < -0.39 is 0 Å². The highest BCUT2D eigenvalue weighted by Gasteiger charge is 2.13. The van der Waals surface area contributed by atoms with Crippen LogP contribution in [0.3, 0.4) is 0 Å². The number of benzene rings is 1. The summed E-state index contributed by atoms with van der Waals surface area (Å²) in [7, 11) is 0. The van der Waals surface area contributed by atoms with E-state index in [9.17, 15) is 0 Å². The Kier molecular flexibility index (Phi) is 4.25. The van der Waals surface area contributed by atoms with Gasteiger partial charge in [-0.1, -0.05) is 6.92 Å². The van der Waals surface area contributed by atoms with E-state index in [4.69, 9.17) is 9.72 Å². The molecule has 1 fully saturated rings. The Morgan fingerprint density at radius 1 is 1.19 bits per heavy atom. The van der Waals surface area contributed by atoms with Crippen LogP contribution >= 0.6 is 0 Å². The summed E-state index contributed by atoms with van der Waals surface area (Å²) < 4.78 is 5.43. The highest BCUT2D eigenvalue weighted by Crippen LogP contribution is 2.28. The van der Waals surface area contributed by atoms with E-state index in [0.717, 1.165) is 50.5 Å². The van der Waals surface area contributed by atoms with Crippen LogP contribution in [0.5, 0.6) is 0 Å². The van der Waals surface area contributed by atoms with Crippen molar-refractivity contribution in [3.05, 3.63) is 30.0 Å². The van der Waals surface area contributed by atoms with Crippen molar-refractivity contribution in [2.45, 2.75) is 20.3 Å². The molecule has 1 aliphatic heterocycles. The summed E-state index contributed by atoms with van der Waals surface area (Å²) >= 11 is 0. The third-order valence-electron chi connectivity index (χ3n) is 3.95. The molecule has 0 atom stereocenters. The molecule has 0 aliphatic carbocycles. The molecule has 0 saturated carbocycles. The van der Waals surface area contributed by atoms with Crippen LogP contribution in [0.1, 0.15) is 19.5 Å². The van der Waals surface area contributed by atoms with Gasteiger partial charge in [0.15, 0.2) is 0 Å². The van der Waals surface area contributed by atoms with Crippen molar-refractivity contribution in [1.82, 2.24) is 4.98 Å². The van der Waals surface area contributed by atoms with Gasteiger partial charge in [0.05, 0.1) is 18.7 Å². The molecule has 0 radical (unpaired) electrons. The summed E-state index contributed by atoms with van der Waals surface area (Å²) in [6.45, 7) is 8.74. The Morgan fingerprint density at radius 3 is 2.71 bits per heavy atom. The van der Waals surface area contributed by atoms with Gasteiger partial charge in [0.25, 0.3) is 0 Å². The molecule has 1 saturated heterocycles. The molecule has 2 aromatic rings. The molecule has 0 bridgehead atoms. The number of morpholine rings is 1. The van der Waals surface area contributed by atoms with Crippen molar-refractivity contribution in [3.63, 3.8) is 0 Å². The SMILES string of the molecule is CCNc1cc(CC)nc2ccc(N3CCOCC3)cc12. The van der Waals surface area contributed by atoms with Crippen LogP contribution in [0.25, 0.3) is 10.9 Å². The van der Waals surface area contributed by atoms with E-state index in [1.807, 2.05) is 0 Å². The molecule has 4 nitrogen and oxygen atoms in total. The summed E-state index contributed by atoms with van der Waals surface area (Å²) in [4.78, 5) is 7.12. The zero-order chi connectivity index (χ0) is 14.7. The van der Waals surface area contributed by atoms with Crippen molar-refractivity contribution in [2.75, 3.05) is 43.1 Å². The largest absolute Gasteiger partial charge is 0.385 e. The lowest BCUT2D eigenvalue weighted by Crippen LogP contribution is -2.36. The second-order valence-corrected chi connectivity index (χ2v) is 5.35. The minimum absolute atomic E-state index is 0.811. The summed E-state index contributed by atoms with van der Waals surface area (Å²) in [5.74, 6) is 0. The maximum atomic E-state index is 5.43. The summed E-state index contributed by atoms with van der Waals surface area (Å²) in [5.41, 5.74) is 4.66. The lowest BCUT2D eigenvalue weighted by atomic mass is 10.1. The van der Waals surface area contributed by atoms with E-state index in [1.165, 1.54) is 16.8 Å². The first-order chi connectivity index (χ1) is 10.3. The van der Waals surface area contributed by atoms with Gasteiger partial charge in [-0.2, -0.15) is 0 Å². The number of fused-ring (bicyclic) bond motifs is 1. The van der Waals surface area contributed by atoms with Gasteiger partial charge < -0.3 is 15.0 Å². The van der Waals surface area contributed by atoms with Crippen molar-refractivity contribution in [2.24, 2.45) is 0 Å². The number of pyridine rings is 1. The number of nitrogens with one attached hydrogen (secondary N) is 1. The van der Waals surface area contributed by atoms with Gasteiger partial charge in [-0.05, 0) is 37.6 Å². The zero-order valence-corrected chi connectivity index (χ0v) is 12.9. The number of nitrogens with zero attached hydrogens (tertiary/aromatic N) is 2. The Bertz CT molecular complexity index is 621. The van der Waals surface area contributed by atoms with E-state index in [1.54, 1.807) is 0 Å². The predicted octanol–water partition coefficient (Wildman–Crippen LogP) is 3.07. The Balaban J connectivity index is 2.04. The highest BCUT2D eigenvalue weighted by molar-refractivity contribution is 5.94. The lowest BCUT2D eigenvalue weighted by molar-refractivity contribution is 0.122. The summed E-state index contributed by atoms with van der Waals surface area (Å²) in [6, 6.07) is 8.75. The molecule has 21 heavy (non-hydrogen) atoms. The monoisotopic (exact) mass is 285 g/mol. The van der Waals surface area contributed by atoms with Gasteiger partial charge in [-0.3, -0.25) is 4.98 Å². The minimum atomic E-state index is 0.811. The van der Waals surface area contributed by atoms with Gasteiger partial charge in [0, 0.05) is 42.1 Å². The van der Waals surface area contributed by atoms with Crippen LogP contribution < -0.4 is 10.2 Å². The average molecular weight is 285 g/mol. The molecule has 4 heteroatoms. The Morgan fingerprint density at radius 2 is 2.00 bits per heavy atom. The number of ether oxygens (including phenoxy) is 1. The van der Waals surface area contributed by atoms with Gasteiger partial charge in [0.2, 0.25) is 0 Å². The normalized spacial score (nSPS) is 15.4. The lowest BCUT2D eigenvalue weighted by Gasteiger charge is -2.29. The Hall–Kier alpha value is -1.81. The maximum Gasteiger partial charge on any atom is 0.0727 e. The smallest absolute Gasteiger partial charge is 0.0727 e. The molecule has 2 heterocycles. The number of anilines is 2. The third-order valence-corrected chi connectivity index (χ3v) is 3.95. The minimum Gasteiger partial charge on any atom is -0.385 e. The first kappa shape index (κ1) is 14.1.